The number of hydrogen-bond acceptors (Lipinski definition) is 2. The molecule has 1 saturated heterocycles. The molecule has 0 radical (unpaired) electrons. The maximum absolute atomic E-state index is 13.0. The Bertz CT molecular complexity index is 1130. The van der Waals surface area contributed by atoms with E-state index in [1.54, 1.807) is 0 Å². The first-order chi connectivity index (χ1) is 16.3. The van der Waals surface area contributed by atoms with Crippen LogP contribution in [0.25, 0.3) is 6.08 Å². The van der Waals surface area contributed by atoms with E-state index in [1.165, 1.54) is 16.7 Å². The highest BCUT2D eigenvalue weighted by Crippen LogP contribution is 2.43. The van der Waals surface area contributed by atoms with E-state index in [-0.39, 0.29) is 5.78 Å². The van der Waals surface area contributed by atoms with Crippen molar-refractivity contribution in [3.8, 4) is 0 Å². The third kappa shape index (κ3) is 4.06. The number of carbonyl (C=O) groups excluding carboxylic acids is 1. The Morgan fingerprint density at radius 3 is 1.48 bits per heavy atom. The molecule has 4 aromatic rings. The molecule has 2 heteroatoms. The summed E-state index contributed by atoms with van der Waals surface area (Å²) < 4.78 is 0. The van der Waals surface area contributed by atoms with Gasteiger partial charge in [-0.1, -0.05) is 121 Å². The van der Waals surface area contributed by atoms with Gasteiger partial charge in [-0.05, 0) is 28.3 Å². The van der Waals surface area contributed by atoms with Gasteiger partial charge in [0.1, 0.15) is 0 Å². The van der Waals surface area contributed by atoms with Crippen LogP contribution >= 0.6 is 0 Å². The van der Waals surface area contributed by atoms with Crippen LogP contribution < -0.4 is 0 Å². The first-order valence-corrected chi connectivity index (χ1v) is 11.5. The molecule has 162 valence electrons. The summed E-state index contributed by atoms with van der Waals surface area (Å²) in [7, 11) is 0. The lowest BCUT2D eigenvalue weighted by Gasteiger charge is -2.47. The summed E-state index contributed by atoms with van der Waals surface area (Å²) >= 11 is 0. The van der Waals surface area contributed by atoms with Crippen molar-refractivity contribution in [2.24, 2.45) is 0 Å². The Morgan fingerprint density at radius 1 is 0.606 bits per heavy atom. The fourth-order valence-electron chi connectivity index (χ4n) is 5.02. The topological polar surface area (TPSA) is 20.3 Å². The lowest BCUT2D eigenvalue weighted by atomic mass is 9.74. The van der Waals surface area contributed by atoms with Gasteiger partial charge in [0.2, 0.25) is 0 Å². The number of piperidine rings is 1. The molecule has 0 spiro atoms. The summed E-state index contributed by atoms with van der Waals surface area (Å²) in [6, 6.07) is 42.2. The summed E-state index contributed by atoms with van der Waals surface area (Å²) in [5, 5.41) is 0. The number of ketones is 1. The van der Waals surface area contributed by atoms with Crippen LogP contribution in [0.5, 0.6) is 0 Å². The third-order valence-corrected chi connectivity index (χ3v) is 6.52. The van der Waals surface area contributed by atoms with Gasteiger partial charge in [0.25, 0.3) is 0 Å². The first kappa shape index (κ1) is 21.1. The van der Waals surface area contributed by atoms with Gasteiger partial charge < -0.3 is 0 Å². The summed E-state index contributed by atoms with van der Waals surface area (Å²) in [4.78, 5) is 15.5. The van der Waals surface area contributed by atoms with Crippen LogP contribution in [-0.2, 0) is 10.3 Å². The molecule has 1 fully saturated rings. The van der Waals surface area contributed by atoms with E-state index in [4.69, 9.17) is 0 Å². The minimum Gasteiger partial charge on any atom is -0.294 e. The van der Waals surface area contributed by atoms with Gasteiger partial charge >= 0.3 is 0 Å². The Labute approximate surface area is 195 Å². The average molecular weight is 430 g/mol. The SMILES string of the molecule is O=C1CCN(C(c2ccccc2)(c2ccccc2)c2ccccc2)C/C1=C/c1ccccc1. The van der Waals surface area contributed by atoms with Crippen molar-refractivity contribution >= 4 is 11.9 Å². The van der Waals surface area contributed by atoms with Gasteiger partial charge in [0.05, 0.1) is 5.54 Å². The molecule has 5 rings (SSSR count). The van der Waals surface area contributed by atoms with Crippen LogP contribution in [0.15, 0.2) is 127 Å². The third-order valence-electron chi connectivity index (χ3n) is 6.52. The molecular formula is C31H27NO. The molecule has 4 aromatic carbocycles. The highest BCUT2D eigenvalue weighted by molar-refractivity contribution is 6.00. The van der Waals surface area contributed by atoms with Crippen molar-refractivity contribution in [2.45, 2.75) is 12.0 Å². The van der Waals surface area contributed by atoms with Gasteiger partial charge in [0.15, 0.2) is 5.78 Å². The normalized spacial score (nSPS) is 16.1. The van der Waals surface area contributed by atoms with E-state index in [0.29, 0.717) is 19.5 Å². The molecule has 1 heterocycles. The van der Waals surface area contributed by atoms with Gasteiger partial charge in [-0.3, -0.25) is 9.69 Å². The molecule has 33 heavy (non-hydrogen) atoms. The predicted octanol–water partition coefficient (Wildman–Crippen LogP) is 6.34. The molecular weight excluding hydrogens is 402 g/mol. The number of hydrogen-bond donors (Lipinski definition) is 0. The van der Waals surface area contributed by atoms with E-state index in [0.717, 1.165) is 11.1 Å². The zero-order valence-corrected chi connectivity index (χ0v) is 18.6. The molecule has 2 nitrogen and oxygen atoms in total. The molecule has 0 atom stereocenters. The van der Waals surface area contributed by atoms with E-state index >= 15 is 0 Å². The minimum absolute atomic E-state index is 0.234. The average Bonchev–Trinajstić information content (AvgIpc) is 2.89. The molecule has 0 unspecified atom stereocenters. The van der Waals surface area contributed by atoms with Crippen LogP contribution in [0.2, 0.25) is 0 Å². The van der Waals surface area contributed by atoms with E-state index in [2.05, 4.69) is 114 Å². The number of likely N-dealkylation sites (tertiary alicyclic amines) is 1. The van der Waals surface area contributed by atoms with Gasteiger partial charge in [-0.25, -0.2) is 0 Å². The zero-order chi connectivity index (χ0) is 22.5. The van der Waals surface area contributed by atoms with Crippen LogP contribution in [0.1, 0.15) is 28.7 Å². The maximum Gasteiger partial charge on any atom is 0.161 e. The van der Waals surface area contributed by atoms with Gasteiger partial charge in [-0.2, -0.15) is 0 Å². The number of rotatable bonds is 5. The van der Waals surface area contributed by atoms with E-state index in [9.17, 15) is 4.79 Å². The number of nitrogens with zero attached hydrogens (tertiary/aromatic N) is 1. The second kappa shape index (κ2) is 9.40. The molecule has 0 aromatic heterocycles. The Morgan fingerprint density at radius 2 is 1.03 bits per heavy atom. The Hall–Kier alpha value is -3.75. The maximum atomic E-state index is 13.0. The molecule has 0 amide bonds. The Balaban J connectivity index is 1.71. The molecule has 0 aliphatic carbocycles. The number of Topliss-reactive ketones (excluding diaryl/α,β-unsaturated/α-hetero) is 1. The lowest BCUT2D eigenvalue weighted by Crippen LogP contribution is -2.52. The molecule has 0 N–H and O–H groups in total. The zero-order valence-electron chi connectivity index (χ0n) is 18.6. The fraction of sp³-hybridized carbons (Fsp3) is 0.129. The fourth-order valence-corrected chi connectivity index (χ4v) is 5.02. The van der Waals surface area contributed by atoms with Crippen molar-refractivity contribution in [2.75, 3.05) is 13.1 Å². The van der Waals surface area contributed by atoms with Gasteiger partial charge in [-0.15, -0.1) is 0 Å². The van der Waals surface area contributed by atoms with Crippen molar-refractivity contribution in [3.05, 3.63) is 149 Å². The minimum atomic E-state index is -0.500. The standard InChI is InChI=1S/C31H27NO/c33-30-21-22-32(24-26(30)23-25-13-5-1-6-14-25)31(27-15-7-2-8-16-27,28-17-9-3-10-18-28)29-19-11-4-12-20-29/h1-20,23H,21-22,24H2/b26-23-. The number of benzene rings is 4. The van der Waals surface area contributed by atoms with Crippen LogP contribution in [0, 0.1) is 0 Å². The van der Waals surface area contributed by atoms with Crippen molar-refractivity contribution in [3.63, 3.8) is 0 Å². The van der Waals surface area contributed by atoms with E-state index in [1.807, 2.05) is 18.2 Å². The summed E-state index contributed by atoms with van der Waals surface area (Å²) in [6.45, 7) is 1.29. The van der Waals surface area contributed by atoms with Crippen molar-refractivity contribution in [1.29, 1.82) is 0 Å². The molecule has 1 aliphatic heterocycles. The largest absolute Gasteiger partial charge is 0.294 e. The Kier molecular flexibility index (Phi) is 6.01. The predicted molar refractivity (Wildman–Crippen MR) is 135 cm³/mol. The van der Waals surface area contributed by atoms with Crippen LogP contribution in [0.3, 0.4) is 0 Å². The first-order valence-electron chi connectivity index (χ1n) is 11.5. The highest BCUT2D eigenvalue weighted by atomic mass is 16.1. The second-order valence-electron chi connectivity index (χ2n) is 8.48. The highest BCUT2D eigenvalue weighted by Gasteiger charge is 2.44. The second-order valence-corrected chi connectivity index (χ2v) is 8.48. The monoisotopic (exact) mass is 429 g/mol. The molecule has 0 saturated carbocycles. The smallest absolute Gasteiger partial charge is 0.161 e. The van der Waals surface area contributed by atoms with Crippen molar-refractivity contribution in [1.82, 2.24) is 4.90 Å². The quantitative estimate of drug-likeness (QED) is 0.273. The summed E-state index contributed by atoms with van der Waals surface area (Å²) in [5.41, 5.74) is 5.04. The van der Waals surface area contributed by atoms with Crippen molar-refractivity contribution < 1.29 is 4.79 Å². The summed E-state index contributed by atoms with van der Waals surface area (Å²) in [6.07, 6.45) is 2.56. The molecule has 0 bridgehead atoms. The van der Waals surface area contributed by atoms with E-state index < -0.39 is 5.54 Å². The lowest BCUT2D eigenvalue weighted by molar-refractivity contribution is -0.117. The number of carbonyl (C=O) groups is 1. The van der Waals surface area contributed by atoms with Crippen LogP contribution in [-0.4, -0.2) is 23.8 Å². The molecule has 1 aliphatic rings. The summed E-state index contributed by atoms with van der Waals surface area (Å²) in [5.74, 6) is 0.234. The van der Waals surface area contributed by atoms with Crippen LogP contribution in [0.4, 0.5) is 0 Å². The van der Waals surface area contributed by atoms with Gasteiger partial charge in [0, 0.05) is 25.1 Å².